The molecule has 1 unspecified atom stereocenters. The fraction of sp³-hybridized carbons (Fsp3) is 0.600. The van der Waals surface area contributed by atoms with Gasteiger partial charge in [0, 0.05) is 39.1 Å². The standard InChI is InChI=1S/C15H21N3O4/c1-17(2)14(20)16-7-11-6-15(10-22-11)8-18(9-15)13(19)12-4-3-5-21-12/h3-5,11H,6-10H2,1-2H3,(H,16,20). The normalized spacial score (nSPS) is 22.5. The van der Waals surface area contributed by atoms with Crippen LogP contribution in [0.2, 0.25) is 0 Å². The van der Waals surface area contributed by atoms with Gasteiger partial charge in [0.15, 0.2) is 5.76 Å². The minimum Gasteiger partial charge on any atom is -0.459 e. The van der Waals surface area contributed by atoms with Gasteiger partial charge in [-0.1, -0.05) is 0 Å². The van der Waals surface area contributed by atoms with Gasteiger partial charge in [-0.25, -0.2) is 4.79 Å². The van der Waals surface area contributed by atoms with Crippen molar-refractivity contribution >= 4 is 11.9 Å². The van der Waals surface area contributed by atoms with E-state index in [4.69, 9.17) is 9.15 Å². The quantitative estimate of drug-likeness (QED) is 0.895. The van der Waals surface area contributed by atoms with Crippen LogP contribution in [0.1, 0.15) is 17.0 Å². The average Bonchev–Trinajstić information content (AvgIpc) is 3.11. The number of nitrogens with zero attached hydrogens (tertiary/aromatic N) is 2. The zero-order valence-electron chi connectivity index (χ0n) is 12.9. The third kappa shape index (κ3) is 2.81. The zero-order chi connectivity index (χ0) is 15.7. The second kappa shape index (κ2) is 5.64. The predicted octanol–water partition coefficient (Wildman–Crippen LogP) is 0.782. The molecule has 22 heavy (non-hydrogen) atoms. The van der Waals surface area contributed by atoms with E-state index in [1.165, 1.54) is 11.2 Å². The number of hydrogen-bond acceptors (Lipinski definition) is 4. The van der Waals surface area contributed by atoms with Crippen molar-refractivity contribution in [2.45, 2.75) is 12.5 Å². The van der Waals surface area contributed by atoms with Gasteiger partial charge in [-0.2, -0.15) is 0 Å². The van der Waals surface area contributed by atoms with E-state index in [1.807, 2.05) is 0 Å². The molecule has 1 N–H and O–H groups in total. The average molecular weight is 307 g/mol. The molecule has 1 aromatic rings. The van der Waals surface area contributed by atoms with Gasteiger partial charge < -0.3 is 24.3 Å². The number of carbonyl (C=O) groups is 2. The fourth-order valence-electron chi connectivity index (χ4n) is 3.07. The van der Waals surface area contributed by atoms with Crippen molar-refractivity contribution in [1.82, 2.24) is 15.1 Å². The Hall–Kier alpha value is -2.02. The number of likely N-dealkylation sites (tertiary alicyclic amines) is 1. The summed E-state index contributed by atoms with van der Waals surface area (Å²) in [5, 5.41) is 2.83. The summed E-state index contributed by atoms with van der Waals surface area (Å²) in [6, 6.07) is 3.27. The first-order valence-electron chi connectivity index (χ1n) is 7.39. The maximum atomic E-state index is 12.1. The Balaban J connectivity index is 1.46. The third-order valence-corrected chi connectivity index (χ3v) is 4.24. The molecule has 3 heterocycles. The molecule has 7 heteroatoms. The lowest BCUT2D eigenvalue weighted by atomic mass is 9.77. The third-order valence-electron chi connectivity index (χ3n) is 4.24. The Bertz CT molecular complexity index is 549. The monoisotopic (exact) mass is 307 g/mol. The summed E-state index contributed by atoms with van der Waals surface area (Å²) >= 11 is 0. The molecule has 2 aliphatic heterocycles. The van der Waals surface area contributed by atoms with Crippen LogP contribution < -0.4 is 5.32 Å². The summed E-state index contributed by atoms with van der Waals surface area (Å²) in [7, 11) is 3.41. The Labute approximate surface area is 129 Å². The van der Waals surface area contributed by atoms with Crippen molar-refractivity contribution in [1.29, 1.82) is 0 Å². The summed E-state index contributed by atoms with van der Waals surface area (Å²) in [4.78, 5) is 26.9. The van der Waals surface area contributed by atoms with E-state index in [0.29, 0.717) is 32.0 Å². The number of furan rings is 1. The van der Waals surface area contributed by atoms with Gasteiger partial charge in [-0.3, -0.25) is 4.79 Å². The predicted molar refractivity (Wildman–Crippen MR) is 78.5 cm³/mol. The van der Waals surface area contributed by atoms with Crippen LogP contribution >= 0.6 is 0 Å². The SMILES string of the molecule is CN(C)C(=O)NCC1CC2(CO1)CN(C(=O)c1ccco1)C2. The van der Waals surface area contributed by atoms with E-state index in [2.05, 4.69) is 5.32 Å². The maximum Gasteiger partial charge on any atom is 0.316 e. The summed E-state index contributed by atoms with van der Waals surface area (Å²) in [5.74, 6) is 0.309. The zero-order valence-corrected chi connectivity index (χ0v) is 12.9. The van der Waals surface area contributed by atoms with Gasteiger partial charge in [0.25, 0.3) is 5.91 Å². The summed E-state index contributed by atoms with van der Waals surface area (Å²) in [6.45, 7) is 2.51. The maximum absolute atomic E-state index is 12.1. The molecule has 0 saturated carbocycles. The highest BCUT2D eigenvalue weighted by Crippen LogP contribution is 2.41. The van der Waals surface area contributed by atoms with E-state index in [-0.39, 0.29) is 23.5 Å². The van der Waals surface area contributed by atoms with E-state index >= 15 is 0 Å². The summed E-state index contributed by atoms with van der Waals surface area (Å²) in [6.07, 6.45) is 2.39. The topological polar surface area (TPSA) is 75.0 Å². The van der Waals surface area contributed by atoms with Crippen LogP contribution in [0.15, 0.2) is 22.8 Å². The molecule has 0 aliphatic carbocycles. The van der Waals surface area contributed by atoms with E-state index in [0.717, 1.165) is 6.42 Å². The van der Waals surface area contributed by atoms with Gasteiger partial charge in [0.05, 0.1) is 19.0 Å². The molecule has 2 saturated heterocycles. The highest BCUT2D eigenvalue weighted by molar-refractivity contribution is 5.92. The molecule has 0 radical (unpaired) electrons. The lowest BCUT2D eigenvalue weighted by Crippen LogP contribution is -2.59. The fourth-order valence-corrected chi connectivity index (χ4v) is 3.07. The molecule has 0 bridgehead atoms. The Morgan fingerprint density at radius 1 is 1.45 bits per heavy atom. The Morgan fingerprint density at radius 2 is 2.23 bits per heavy atom. The van der Waals surface area contributed by atoms with Crippen LogP contribution in [0.25, 0.3) is 0 Å². The summed E-state index contributed by atoms with van der Waals surface area (Å²) in [5.41, 5.74) is 0.0375. The van der Waals surface area contributed by atoms with Gasteiger partial charge in [-0.05, 0) is 18.6 Å². The second-order valence-corrected chi connectivity index (χ2v) is 6.36. The van der Waals surface area contributed by atoms with E-state index in [9.17, 15) is 9.59 Å². The number of ether oxygens (including phenoxy) is 1. The van der Waals surface area contributed by atoms with Crippen LogP contribution in [0.5, 0.6) is 0 Å². The molecular formula is C15H21N3O4. The van der Waals surface area contributed by atoms with Crippen LogP contribution in [-0.4, -0.2) is 68.2 Å². The molecule has 3 amide bonds. The number of carbonyl (C=O) groups excluding carboxylic acids is 2. The smallest absolute Gasteiger partial charge is 0.316 e. The molecule has 2 aliphatic rings. The molecule has 1 aromatic heterocycles. The van der Waals surface area contributed by atoms with Crippen molar-refractivity contribution in [2.24, 2.45) is 5.41 Å². The molecule has 0 aromatic carbocycles. The molecular weight excluding hydrogens is 286 g/mol. The number of hydrogen-bond donors (Lipinski definition) is 1. The molecule has 7 nitrogen and oxygen atoms in total. The van der Waals surface area contributed by atoms with Crippen molar-refractivity contribution in [2.75, 3.05) is 40.3 Å². The van der Waals surface area contributed by atoms with Gasteiger partial charge in [0.2, 0.25) is 0 Å². The molecule has 1 atom stereocenters. The Kier molecular flexibility index (Phi) is 3.82. The van der Waals surface area contributed by atoms with Crippen molar-refractivity contribution in [3.05, 3.63) is 24.2 Å². The number of amides is 3. The number of rotatable bonds is 3. The minimum atomic E-state index is -0.118. The minimum absolute atomic E-state index is 0.0183. The van der Waals surface area contributed by atoms with Crippen molar-refractivity contribution in [3.8, 4) is 0 Å². The highest BCUT2D eigenvalue weighted by atomic mass is 16.5. The second-order valence-electron chi connectivity index (χ2n) is 6.36. The first-order valence-corrected chi connectivity index (χ1v) is 7.39. The van der Waals surface area contributed by atoms with E-state index in [1.54, 1.807) is 31.1 Å². The van der Waals surface area contributed by atoms with Crippen molar-refractivity contribution in [3.63, 3.8) is 0 Å². The van der Waals surface area contributed by atoms with E-state index < -0.39 is 0 Å². The highest BCUT2D eigenvalue weighted by Gasteiger charge is 2.51. The van der Waals surface area contributed by atoms with Crippen LogP contribution in [0.4, 0.5) is 4.79 Å². The van der Waals surface area contributed by atoms with Gasteiger partial charge >= 0.3 is 6.03 Å². The Morgan fingerprint density at radius 3 is 2.86 bits per heavy atom. The first-order chi connectivity index (χ1) is 10.5. The molecule has 2 fully saturated rings. The van der Waals surface area contributed by atoms with Crippen LogP contribution in [-0.2, 0) is 4.74 Å². The largest absolute Gasteiger partial charge is 0.459 e. The molecule has 120 valence electrons. The van der Waals surface area contributed by atoms with Gasteiger partial charge in [0.1, 0.15) is 0 Å². The lowest BCUT2D eigenvalue weighted by molar-refractivity contribution is -0.00322. The molecule has 1 spiro atoms. The summed E-state index contributed by atoms with van der Waals surface area (Å²) < 4.78 is 10.9. The molecule has 3 rings (SSSR count). The van der Waals surface area contributed by atoms with Crippen molar-refractivity contribution < 1.29 is 18.7 Å². The van der Waals surface area contributed by atoms with Crippen LogP contribution in [0, 0.1) is 5.41 Å². The number of nitrogens with one attached hydrogen (secondary N) is 1. The first kappa shape index (κ1) is 14.9. The van der Waals surface area contributed by atoms with Gasteiger partial charge in [-0.15, -0.1) is 0 Å². The number of urea groups is 1. The lowest BCUT2D eigenvalue weighted by Gasteiger charge is -2.46. The van der Waals surface area contributed by atoms with Crippen LogP contribution in [0.3, 0.4) is 0 Å².